The lowest BCUT2D eigenvalue weighted by Gasteiger charge is -2.39. The van der Waals surface area contributed by atoms with Crippen molar-refractivity contribution in [2.75, 3.05) is 6.61 Å². The Bertz CT molecular complexity index is 855. The van der Waals surface area contributed by atoms with Crippen LogP contribution in [0.3, 0.4) is 0 Å². The third-order valence-corrected chi connectivity index (χ3v) is 5.25. The Labute approximate surface area is 173 Å². The average molecular weight is 423 g/mol. The van der Waals surface area contributed by atoms with Gasteiger partial charge in [0.15, 0.2) is 6.10 Å². The maximum atomic E-state index is 11.3. The highest BCUT2D eigenvalue weighted by Gasteiger charge is 2.47. The first-order chi connectivity index (χ1) is 13.8. The largest absolute Gasteiger partial charge is 0.494 e. The van der Waals surface area contributed by atoms with E-state index in [1.165, 1.54) is 0 Å². The summed E-state index contributed by atoms with van der Waals surface area (Å²) in [5.41, 5.74) is 2.19. The third-order valence-electron chi connectivity index (χ3n) is 4.88. The van der Waals surface area contributed by atoms with E-state index in [1.807, 2.05) is 31.2 Å². The highest BCUT2D eigenvalue weighted by molar-refractivity contribution is 6.31. The molecule has 29 heavy (non-hydrogen) atoms. The van der Waals surface area contributed by atoms with Gasteiger partial charge in [0, 0.05) is 5.02 Å². The fourth-order valence-electron chi connectivity index (χ4n) is 3.36. The Morgan fingerprint density at radius 2 is 1.76 bits per heavy atom. The zero-order valence-electron chi connectivity index (χ0n) is 15.7. The zero-order valence-corrected chi connectivity index (χ0v) is 16.5. The molecule has 1 heterocycles. The Kier molecular flexibility index (Phi) is 6.77. The lowest BCUT2D eigenvalue weighted by Crippen LogP contribution is -2.56. The Balaban J connectivity index is 1.85. The van der Waals surface area contributed by atoms with Gasteiger partial charge in [-0.25, -0.2) is 4.79 Å². The number of carbonyl (C=O) groups is 1. The van der Waals surface area contributed by atoms with Crippen LogP contribution in [0.5, 0.6) is 5.75 Å². The molecule has 0 amide bonds. The van der Waals surface area contributed by atoms with Gasteiger partial charge in [-0.1, -0.05) is 35.9 Å². The molecule has 8 heteroatoms. The predicted molar refractivity (Wildman–Crippen MR) is 105 cm³/mol. The number of hydrogen-bond donors (Lipinski definition) is 4. The number of rotatable bonds is 6. The second-order valence-corrected chi connectivity index (χ2v) is 7.30. The summed E-state index contributed by atoms with van der Waals surface area (Å²) < 4.78 is 10.8. The van der Waals surface area contributed by atoms with Crippen LogP contribution in [0.25, 0.3) is 0 Å². The summed E-state index contributed by atoms with van der Waals surface area (Å²) in [6.45, 7) is 2.49. The second-order valence-electron chi connectivity index (χ2n) is 6.89. The topological polar surface area (TPSA) is 116 Å². The molecule has 7 nitrogen and oxygen atoms in total. The van der Waals surface area contributed by atoms with Crippen LogP contribution in [0.2, 0.25) is 5.02 Å². The van der Waals surface area contributed by atoms with Crippen molar-refractivity contribution in [3.05, 3.63) is 64.2 Å². The van der Waals surface area contributed by atoms with Crippen LogP contribution in [0.1, 0.15) is 29.7 Å². The molecule has 0 spiro atoms. The fraction of sp³-hybridized carbons (Fsp3) is 0.381. The molecule has 0 saturated carbocycles. The number of carboxylic acid groups (broad SMARTS) is 1. The first-order valence-corrected chi connectivity index (χ1v) is 9.62. The van der Waals surface area contributed by atoms with Crippen LogP contribution < -0.4 is 4.74 Å². The van der Waals surface area contributed by atoms with Gasteiger partial charge in [-0.3, -0.25) is 0 Å². The van der Waals surface area contributed by atoms with Gasteiger partial charge in [0.2, 0.25) is 0 Å². The van der Waals surface area contributed by atoms with E-state index in [-0.39, 0.29) is 0 Å². The Hall–Kier alpha value is -2.16. The van der Waals surface area contributed by atoms with Crippen molar-refractivity contribution in [3.8, 4) is 5.75 Å². The van der Waals surface area contributed by atoms with Gasteiger partial charge in [0.05, 0.1) is 6.61 Å². The predicted octanol–water partition coefficient (Wildman–Crippen LogP) is 1.94. The number of aliphatic hydroxyl groups is 3. The summed E-state index contributed by atoms with van der Waals surface area (Å²) in [6, 6.07) is 12.5. The number of halogens is 1. The van der Waals surface area contributed by atoms with Crippen LogP contribution in [-0.4, -0.2) is 57.4 Å². The molecule has 1 fully saturated rings. The molecule has 156 valence electrons. The minimum absolute atomic E-state index is 0.458. The molecule has 5 atom stereocenters. The normalized spacial score (nSPS) is 26.9. The highest BCUT2D eigenvalue weighted by atomic mass is 35.5. The van der Waals surface area contributed by atoms with Crippen molar-refractivity contribution >= 4 is 17.6 Å². The molecular formula is C21H23ClO7. The molecule has 1 saturated heterocycles. The van der Waals surface area contributed by atoms with Gasteiger partial charge in [0.1, 0.15) is 30.2 Å². The number of benzene rings is 2. The zero-order chi connectivity index (χ0) is 21.1. The lowest BCUT2D eigenvalue weighted by molar-refractivity contribution is -0.229. The number of aliphatic carboxylic acids is 1. The van der Waals surface area contributed by atoms with Crippen LogP contribution >= 0.6 is 11.6 Å². The van der Waals surface area contributed by atoms with E-state index in [4.69, 9.17) is 21.1 Å². The quantitative estimate of drug-likeness (QED) is 0.562. The van der Waals surface area contributed by atoms with Crippen molar-refractivity contribution in [3.63, 3.8) is 0 Å². The van der Waals surface area contributed by atoms with Crippen molar-refractivity contribution in [1.82, 2.24) is 0 Å². The van der Waals surface area contributed by atoms with Gasteiger partial charge in [-0.05, 0) is 48.2 Å². The summed E-state index contributed by atoms with van der Waals surface area (Å²) >= 11 is 6.32. The van der Waals surface area contributed by atoms with E-state index in [0.29, 0.717) is 23.6 Å². The van der Waals surface area contributed by atoms with Crippen molar-refractivity contribution in [2.45, 2.75) is 43.9 Å². The fourth-order valence-corrected chi connectivity index (χ4v) is 3.54. The third kappa shape index (κ3) is 4.71. The van der Waals surface area contributed by atoms with E-state index in [1.54, 1.807) is 18.2 Å². The molecule has 1 aliphatic rings. The first kappa shape index (κ1) is 21.5. The molecule has 0 radical (unpaired) electrons. The number of ether oxygens (including phenoxy) is 2. The monoisotopic (exact) mass is 422 g/mol. The molecule has 0 bridgehead atoms. The van der Waals surface area contributed by atoms with E-state index >= 15 is 0 Å². The average Bonchev–Trinajstić information content (AvgIpc) is 2.69. The highest BCUT2D eigenvalue weighted by Crippen LogP contribution is 2.34. The number of carboxylic acids is 1. The van der Waals surface area contributed by atoms with Crippen LogP contribution in [0, 0.1) is 0 Å². The van der Waals surface area contributed by atoms with Gasteiger partial charge in [-0.2, -0.15) is 0 Å². The van der Waals surface area contributed by atoms with Gasteiger partial charge >= 0.3 is 5.97 Å². The standard InChI is InChI=1S/C21H23ClO7/c1-2-28-14-6-3-11(4-7-14)9-13-10-12(5-8-15(13)22)19-17(24)16(23)18(25)20(29-19)21(26)27/h3-8,10,16-20,23-25H,2,9H2,1H3,(H,26,27). The van der Waals surface area contributed by atoms with Gasteiger partial charge < -0.3 is 29.9 Å². The molecule has 0 aromatic heterocycles. The molecule has 3 rings (SSSR count). The van der Waals surface area contributed by atoms with Crippen molar-refractivity contribution < 1.29 is 34.7 Å². The molecular weight excluding hydrogens is 400 g/mol. The maximum Gasteiger partial charge on any atom is 0.335 e. The van der Waals surface area contributed by atoms with E-state index in [0.717, 1.165) is 16.9 Å². The summed E-state index contributed by atoms with van der Waals surface area (Å²) in [4.78, 5) is 11.3. The van der Waals surface area contributed by atoms with Crippen molar-refractivity contribution in [1.29, 1.82) is 0 Å². The number of hydrogen-bond acceptors (Lipinski definition) is 6. The molecule has 1 aliphatic heterocycles. The molecule has 5 unspecified atom stereocenters. The smallest absolute Gasteiger partial charge is 0.335 e. The summed E-state index contributed by atoms with van der Waals surface area (Å²) in [5, 5.41) is 39.9. The van der Waals surface area contributed by atoms with E-state index in [9.17, 15) is 25.2 Å². The van der Waals surface area contributed by atoms with E-state index in [2.05, 4.69) is 0 Å². The first-order valence-electron chi connectivity index (χ1n) is 9.24. The minimum atomic E-state index is -1.73. The maximum absolute atomic E-state index is 11.3. The number of aliphatic hydroxyl groups excluding tert-OH is 3. The molecule has 0 aliphatic carbocycles. The molecule has 2 aromatic rings. The van der Waals surface area contributed by atoms with Gasteiger partial charge in [0.25, 0.3) is 0 Å². The molecule has 4 N–H and O–H groups in total. The lowest BCUT2D eigenvalue weighted by atomic mass is 9.90. The van der Waals surface area contributed by atoms with Crippen LogP contribution in [0.15, 0.2) is 42.5 Å². The van der Waals surface area contributed by atoms with Crippen LogP contribution in [0.4, 0.5) is 0 Å². The van der Waals surface area contributed by atoms with Crippen molar-refractivity contribution in [2.24, 2.45) is 0 Å². The summed E-state index contributed by atoms with van der Waals surface area (Å²) in [5.74, 6) is -0.654. The SMILES string of the molecule is CCOc1ccc(Cc2cc(C3OC(C(=O)O)C(O)C(O)C3O)ccc2Cl)cc1. The Morgan fingerprint density at radius 1 is 1.07 bits per heavy atom. The summed E-state index contributed by atoms with van der Waals surface area (Å²) in [6.07, 6.45) is -7.14. The summed E-state index contributed by atoms with van der Waals surface area (Å²) in [7, 11) is 0. The Morgan fingerprint density at radius 3 is 2.38 bits per heavy atom. The van der Waals surface area contributed by atoms with Gasteiger partial charge in [-0.15, -0.1) is 0 Å². The van der Waals surface area contributed by atoms with Crippen LogP contribution in [-0.2, 0) is 16.0 Å². The second kappa shape index (κ2) is 9.11. The minimum Gasteiger partial charge on any atom is -0.494 e. The molecule has 2 aromatic carbocycles. The van der Waals surface area contributed by atoms with E-state index < -0.39 is 36.5 Å².